The van der Waals surface area contributed by atoms with Crippen molar-refractivity contribution in [1.29, 1.82) is 0 Å². The minimum absolute atomic E-state index is 0.0426. The van der Waals surface area contributed by atoms with Crippen LogP contribution >= 0.6 is 7.82 Å². The van der Waals surface area contributed by atoms with Crippen molar-refractivity contribution in [2.75, 3.05) is 40.9 Å². The molecule has 0 bridgehead atoms. The van der Waals surface area contributed by atoms with Crippen molar-refractivity contribution in [3.8, 4) is 0 Å². The quantitative estimate of drug-likeness (QED) is 0.0245. The Morgan fingerprint density at radius 2 is 1.02 bits per heavy atom. The van der Waals surface area contributed by atoms with Crippen LogP contribution in [-0.4, -0.2) is 73.4 Å². The molecule has 0 aliphatic rings. The third-order valence-electron chi connectivity index (χ3n) is 9.48. The van der Waals surface area contributed by atoms with Crippen LogP contribution in [0.25, 0.3) is 0 Å². The van der Waals surface area contributed by atoms with Gasteiger partial charge in [-0.15, -0.1) is 0 Å². The van der Waals surface area contributed by atoms with Gasteiger partial charge < -0.3 is 19.8 Å². The number of phosphoric ester groups is 1. The summed E-state index contributed by atoms with van der Waals surface area (Å²) < 4.78 is 23.5. The number of hydrogen-bond donors (Lipinski definition) is 3. The van der Waals surface area contributed by atoms with Crippen LogP contribution in [0.3, 0.4) is 0 Å². The van der Waals surface area contributed by atoms with Gasteiger partial charge in [-0.1, -0.05) is 168 Å². The Kier molecular flexibility index (Phi) is 39.5. The van der Waals surface area contributed by atoms with Crippen LogP contribution in [-0.2, 0) is 18.4 Å². The lowest BCUT2D eigenvalue weighted by atomic mass is 10.1. The van der Waals surface area contributed by atoms with Crippen LogP contribution in [0.4, 0.5) is 0 Å². The molecular formula is C51H88N2O6P+. The van der Waals surface area contributed by atoms with Crippen LogP contribution in [0, 0.1) is 0 Å². The largest absolute Gasteiger partial charge is 0.472 e. The van der Waals surface area contributed by atoms with E-state index in [1.807, 2.05) is 27.2 Å². The summed E-state index contributed by atoms with van der Waals surface area (Å²) in [5.41, 5.74) is 0. The molecule has 0 saturated carbocycles. The van der Waals surface area contributed by atoms with Gasteiger partial charge in [-0.05, 0) is 89.9 Å². The highest BCUT2D eigenvalue weighted by Gasteiger charge is 2.27. The highest BCUT2D eigenvalue weighted by atomic mass is 31.2. The molecule has 0 spiro atoms. The molecule has 0 aromatic heterocycles. The third kappa shape index (κ3) is 43.3. The number of rotatable bonds is 40. The van der Waals surface area contributed by atoms with E-state index < -0.39 is 20.0 Å². The molecule has 0 aliphatic carbocycles. The van der Waals surface area contributed by atoms with Gasteiger partial charge in [0.15, 0.2) is 0 Å². The number of allylic oxidation sites excluding steroid dienone is 17. The highest BCUT2D eigenvalue weighted by molar-refractivity contribution is 7.47. The number of aliphatic hydroxyl groups excluding tert-OH is 1. The van der Waals surface area contributed by atoms with Crippen molar-refractivity contribution in [1.82, 2.24) is 5.32 Å². The topological polar surface area (TPSA) is 105 Å². The van der Waals surface area contributed by atoms with E-state index in [0.29, 0.717) is 23.9 Å². The third-order valence-corrected chi connectivity index (χ3v) is 10.5. The summed E-state index contributed by atoms with van der Waals surface area (Å²) in [5, 5.41) is 13.8. The number of aliphatic hydroxyl groups is 1. The average Bonchev–Trinajstić information content (AvgIpc) is 3.20. The molecule has 3 unspecified atom stereocenters. The first-order valence-corrected chi connectivity index (χ1v) is 24.8. The summed E-state index contributed by atoms with van der Waals surface area (Å²) >= 11 is 0. The molecule has 0 aromatic rings. The van der Waals surface area contributed by atoms with E-state index in [1.54, 1.807) is 6.08 Å². The number of amides is 1. The molecule has 0 saturated heterocycles. The van der Waals surface area contributed by atoms with Crippen LogP contribution in [0.1, 0.15) is 155 Å². The summed E-state index contributed by atoms with van der Waals surface area (Å²) in [4.78, 5) is 23.1. The van der Waals surface area contributed by atoms with Gasteiger partial charge in [-0.25, -0.2) is 4.57 Å². The molecule has 0 aromatic carbocycles. The van der Waals surface area contributed by atoms with Gasteiger partial charge in [0.2, 0.25) is 5.91 Å². The molecule has 8 nitrogen and oxygen atoms in total. The fraction of sp³-hybridized carbons (Fsp3) is 0.627. The number of nitrogens with zero attached hydrogens (tertiary/aromatic N) is 1. The summed E-state index contributed by atoms with van der Waals surface area (Å²) in [7, 11) is 1.51. The van der Waals surface area contributed by atoms with Gasteiger partial charge in [-0.2, -0.15) is 0 Å². The SMILES string of the molecule is CC/C=C\C/C=C\C/C=C\C/C=C\C/C=C\C/C=C\C/C=C\CCCCCC(=O)NC(COP(=O)(O)OCC[N+](C)(C)C)C(O)/C=C/CC/C=C/CCCCCCCCC. The second-order valence-corrected chi connectivity index (χ2v) is 17.8. The molecule has 0 aliphatic heterocycles. The zero-order valence-electron chi connectivity index (χ0n) is 38.6. The highest BCUT2D eigenvalue weighted by Crippen LogP contribution is 2.43. The second-order valence-electron chi connectivity index (χ2n) is 16.4. The van der Waals surface area contributed by atoms with E-state index in [9.17, 15) is 19.4 Å². The first kappa shape index (κ1) is 57.2. The average molecular weight is 856 g/mol. The van der Waals surface area contributed by atoms with Crippen molar-refractivity contribution >= 4 is 13.7 Å². The van der Waals surface area contributed by atoms with E-state index in [2.05, 4.69) is 116 Å². The molecule has 0 heterocycles. The predicted molar refractivity (Wildman–Crippen MR) is 258 cm³/mol. The standard InChI is InChI=1S/C51H87N2O6P/c1-6-8-10-12-14-16-18-20-21-22-23-24-25-26-27-28-29-30-31-33-35-37-39-41-43-45-51(55)52-49(48-59-60(56,57)58-47-46-53(3,4)5)50(54)44-42-40-38-36-34-32-19-17-15-13-11-9-7-2/h8,10,14,16,20-21,23-24,26-27,29-30,33-36,42,44,49-50,54H,6-7,9,11-13,15,17-19,22,25,28,31-32,37-41,43,45-48H2,1-5H3,(H-,52,55,56,57)/p+1/b10-8-,16-14-,21-20-,24-23-,27-26-,30-29-,35-33-,36-34+,44-42+. The smallest absolute Gasteiger partial charge is 0.387 e. The van der Waals surface area contributed by atoms with Crippen LogP contribution < -0.4 is 5.32 Å². The first-order valence-electron chi connectivity index (χ1n) is 23.3. The Labute approximate surface area is 368 Å². The number of nitrogens with one attached hydrogen (secondary N) is 1. The molecule has 1 amide bonds. The summed E-state index contributed by atoms with van der Waals surface area (Å²) in [6.45, 7) is 4.61. The zero-order valence-corrected chi connectivity index (χ0v) is 39.5. The van der Waals surface area contributed by atoms with Crippen molar-refractivity contribution < 1.29 is 32.9 Å². The van der Waals surface area contributed by atoms with E-state index in [1.165, 1.54) is 44.9 Å². The minimum Gasteiger partial charge on any atom is -0.387 e. The van der Waals surface area contributed by atoms with Crippen LogP contribution in [0.15, 0.2) is 109 Å². The first-order chi connectivity index (χ1) is 29.0. The molecule has 3 atom stereocenters. The Balaban J connectivity index is 4.48. The number of likely N-dealkylation sites (N-methyl/N-ethyl adjacent to an activating group) is 1. The maximum Gasteiger partial charge on any atom is 0.472 e. The molecule has 0 radical (unpaired) electrons. The van der Waals surface area contributed by atoms with Gasteiger partial charge in [0, 0.05) is 6.42 Å². The van der Waals surface area contributed by atoms with Crippen molar-refractivity contribution in [2.24, 2.45) is 0 Å². The summed E-state index contributed by atoms with van der Waals surface area (Å²) in [6.07, 6.45) is 60.2. The zero-order chi connectivity index (χ0) is 44.3. The summed E-state index contributed by atoms with van der Waals surface area (Å²) in [6, 6.07) is -0.888. The second kappa shape index (κ2) is 41.5. The lowest BCUT2D eigenvalue weighted by Crippen LogP contribution is -2.45. The van der Waals surface area contributed by atoms with Gasteiger partial charge in [-0.3, -0.25) is 13.8 Å². The molecule has 3 N–H and O–H groups in total. The molecule has 0 rings (SSSR count). The number of unbranched alkanes of at least 4 members (excludes halogenated alkanes) is 11. The van der Waals surface area contributed by atoms with Crippen LogP contribution in [0.5, 0.6) is 0 Å². The van der Waals surface area contributed by atoms with E-state index in [4.69, 9.17) is 9.05 Å². The molecular weight excluding hydrogens is 768 g/mol. The normalized spacial score (nSPS) is 15.2. The predicted octanol–water partition coefficient (Wildman–Crippen LogP) is 13.3. The van der Waals surface area contributed by atoms with Crippen molar-refractivity contribution in [3.05, 3.63) is 109 Å². The summed E-state index contributed by atoms with van der Waals surface area (Å²) in [5.74, 6) is -0.226. The van der Waals surface area contributed by atoms with Gasteiger partial charge in [0.25, 0.3) is 0 Å². The maximum atomic E-state index is 12.9. The van der Waals surface area contributed by atoms with E-state index >= 15 is 0 Å². The molecule has 9 heteroatoms. The van der Waals surface area contributed by atoms with Crippen molar-refractivity contribution in [3.63, 3.8) is 0 Å². The Hall–Kier alpha value is -2.84. The number of quaternary nitrogens is 1. The van der Waals surface area contributed by atoms with Gasteiger partial charge in [0.1, 0.15) is 13.2 Å². The molecule has 342 valence electrons. The Morgan fingerprint density at radius 1 is 0.583 bits per heavy atom. The van der Waals surface area contributed by atoms with E-state index in [-0.39, 0.29) is 19.1 Å². The fourth-order valence-corrected chi connectivity index (χ4v) is 6.53. The number of phosphoric acid groups is 1. The number of hydrogen-bond acceptors (Lipinski definition) is 5. The molecule has 0 fully saturated rings. The monoisotopic (exact) mass is 856 g/mol. The fourth-order valence-electron chi connectivity index (χ4n) is 5.80. The lowest BCUT2D eigenvalue weighted by molar-refractivity contribution is -0.870. The van der Waals surface area contributed by atoms with Crippen molar-refractivity contribution in [2.45, 2.75) is 167 Å². The van der Waals surface area contributed by atoms with Gasteiger partial charge >= 0.3 is 7.82 Å². The molecule has 60 heavy (non-hydrogen) atoms. The minimum atomic E-state index is -4.36. The maximum absolute atomic E-state index is 12.9. The Morgan fingerprint density at radius 3 is 1.53 bits per heavy atom. The van der Waals surface area contributed by atoms with Crippen LogP contribution in [0.2, 0.25) is 0 Å². The lowest BCUT2D eigenvalue weighted by Gasteiger charge is -2.25. The number of carbonyl (C=O) groups excluding carboxylic acids is 1. The number of carbonyl (C=O) groups is 1. The van der Waals surface area contributed by atoms with Gasteiger partial charge in [0.05, 0.1) is 39.9 Å². The van der Waals surface area contributed by atoms with E-state index in [0.717, 1.165) is 83.5 Å². The Bertz CT molecular complexity index is 1340.